The van der Waals surface area contributed by atoms with Crippen molar-refractivity contribution >= 4 is 10.9 Å². The Morgan fingerprint density at radius 3 is 3.15 bits per heavy atom. The van der Waals surface area contributed by atoms with E-state index in [-0.39, 0.29) is 5.82 Å². The zero-order chi connectivity index (χ0) is 8.84. The maximum atomic E-state index is 13.1. The SMILES string of the molecule is Fc1cc2c3c(ccn3CCC2)c1. The summed E-state index contributed by atoms with van der Waals surface area (Å²) in [4.78, 5) is 0. The van der Waals surface area contributed by atoms with Gasteiger partial charge in [-0.15, -0.1) is 0 Å². The summed E-state index contributed by atoms with van der Waals surface area (Å²) in [7, 11) is 0. The van der Waals surface area contributed by atoms with Crippen LogP contribution in [0, 0.1) is 5.82 Å². The van der Waals surface area contributed by atoms with Gasteiger partial charge in [-0.2, -0.15) is 0 Å². The first-order chi connectivity index (χ1) is 6.34. The molecule has 0 saturated carbocycles. The first kappa shape index (κ1) is 7.13. The molecule has 2 aromatic rings. The molecule has 1 aromatic carbocycles. The van der Waals surface area contributed by atoms with Crippen LogP contribution in [0.5, 0.6) is 0 Å². The highest BCUT2D eigenvalue weighted by atomic mass is 19.1. The van der Waals surface area contributed by atoms with Gasteiger partial charge in [0.05, 0.1) is 5.52 Å². The molecule has 1 aliphatic heterocycles. The normalized spacial score (nSPS) is 15.2. The van der Waals surface area contributed by atoms with E-state index < -0.39 is 0 Å². The third-order valence-corrected chi connectivity index (χ3v) is 2.75. The largest absolute Gasteiger partial charge is 0.347 e. The smallest absolute Gasteiger partial charge is 0.124 e. The highest BCUT2D eigenvalue weighted by Gasteiger charge is 2.12. The number of benzene rings is 1. The predicted molar refractivity (Wildman–Crippen MR) is 50.2 cm³/mol. The molecule has 0 N–H and O–H groups in total. The zero-order valence-electron chi connectivity index (χ0n) is 7.26. The van der Waals surface area contributed by atoms with Gasteiger partial charge in [0.15, 0.2) is 0 Å². The quantitative estimate of drug-likeness (QED) is 0.580. The second kappa shape index (κ2) is 2.34. The minimum Gasteiger partial charge on any atom is -0.347 e. The Bertz CT molecular complexity index is 470. The molecule has 66 valence electrons. The summed E-state index contributed by atoms with van der Waals surface area (Å²) < 4.78 is 15.3. The van der Waals surface area contributed by atoms with Crippen LogP contribution in [0.1, 0.15) is 12.0 Å². The van der Waals surface area contributed by atoms with E-state index in [0.717, 1.165) is 30.3 Å². The number of nitrogens with zero attached hydrogens (tertiary/aromatic N) is 1. The molecule has 0 aliphatic carbocycles. The molecule has 0 atom stereocenters. The molecule has 0 unspecified atom stereocenters. The lowest BCUT2D eigenvalue weighted by Gasteiger charge is -2.15. The van der Waals surface area contributed by atoms with Gasteiger partial charge < -0.3 is 4.57 Å². The fourth-order valence-electron chi connectivity index (χ4n) is 2.22. The van der Waals surface area contributed by atoms with Gasteiger partial charge in [-0.05, 0) is 36.6 Å². The van der Waals surface area contributed by atoms with Gasteiger partial charge in [0.25, 0.3) is 0 Å². The fourth-order valence-corrected chi connectivity index (χ4v) is 2.22. The van der Waals surface area contributed by atoms with Crippen LogP contribution in [0.2, 0.25) is 0 Å². The Labute approximate surface area is 75.8 Å². The van der Waals surface area contributed by atoms with Crippen molar-refractivity contribution < 1.29 is 4.39 Å². The van der Waals surface area contributed by atoms with E-state index in [0.29, 0.717) is 0 Å². The van der Waals surface area contributed by atoms with Crippen LogP contribution < -0.4 is 0 Å². The molecule has 0 saturated heterocycles. The highest BCUT2D eigenvalue weighted by Crippen LogP contribution is 2.26. The van der Waals surface area contributed by atoms with Crippen LogP contribution in [0.15, 0.2) is 24.4 Å². The Kier molecular flexibility index (Phi) is 1.29. The van der Waals surface area contributed by atoms with Gasteiger partial charge >= 0.3 is 0 Å². The summed E-state index contributed by atoms with van der Waals surface area (Å²) in [5.74, 6) is -0.109. The van der Waals surface area contributed by atoms with E-state index in [1.54, 1.807) is 12.1 Å². The maximum absolute atomic E-state index is 13.1. The number of hydrogen-bond acceptors (Lipinski definition) is 0. The van der Waals surface area contributed by atoms with Gasteiger partial charge in [0.2, 0.25) is 0 Å². The Balaban J connectivity index is 2.47. The summed E-state index contributed by atoms with van der Waals surface area (Å²) in [6.45, 7) is 1.07. The van der Waals surface area contributed by atoms with Crippen molar-refractivity contribution in [3.05, 3.63) is 35.8 Å². The number of halogens is 1. The van der Waals surface area contributed by atoms with E-state index in [2.05, 4.69) is 4.57 Å². The summed E-state index contributed by atoms with van der Waals surface area (Å²) in [5, 5.41) is 1.04. The number of rotatable bonds is 0. The van der Waals surface area contributed by atoms with Crippen molar-refractivity contribution in [2.24, 2.45) is 0 Å². The molecule has 0 bridgehead atoms. The van der Waals surface area contributed by atoms with Gasteiger partial charge in [-0.3, -0.25) is 0 Å². The van der Waals surface area contributed by atoms with Crippen LogP contribution in [0.4, 0.5) is 4.39 Å². The topological polar surface area (TPSA) is 4.93 Å². The predicted octanol–water partition coefficient (Wildman–Crippen LogP) is 2.73. The molecule has 0 amide bonds. The molecular formula is C11H10FN. The molecule has 1 aromatic heterocycles. The van der Waals surface area contributed by atoms with E-state index in [1.807, 2.05) is 12.3 Å². The van der Waals surface area contributed by atoms with Crippen molar-refractivity contribution in [3.8, 4) is 0 Å². The summed E-state index contributed by atoms with van der Waals surface area (Å²) in [6.07, 6.45) is 4.19. The van der Waals surface area contributed by atoms with E-state index in [4.69, 9.17) is 0 Å². The summed E-state index contributed by atoms with van der Waals surface area (Å²) in [5.41, 5.74) is 2.39. The van der Waals surface area contributed by atoms with Crippen molar-refractivity contribution in [1.82, 2.24) is 4.57 Å². The van der Waals surface area contributed by atoms with Gasteiger partial charge in [-0.1, -0.05) is 0 Å². The average Bonchev–Trinajstić information content (AvgIpc) is 2.50. The highest BCUT2D eigenvalue weighted by molar-refractivity contribution is 5.84. The first-order valence-electron chi connectivity index (χ1n) is 4.62. The Hall–Kier alpha value is -1.31. The lowest BCUT2D eigenvalue weighted by atomic mass is 10.0. The molecule has 2 heteroatoms. The second-order valence-corrected chi connectivity index (χ2v) is 3.62. The van der Waals surface area contributed by atoms with Crippen molar-refractivity contribution in [3.63, 3.8) is 0 Å². The van der Waals surface area contributed by atoms with Gasteiger partial charge in [0, 0.05) is 18.1 Å². The van der Waals surface area contributed by atoms with Crippen LogP contribution in [-0.4, -0.2) is 4.57 Å². The molecule has 1 aliphatic rings. The third kappa shape index (κ3) is 0.916. The summed E-state index contributed by atoms with van der Waals surface area (Å²) >= 11 is 0. The molecule has 2 heterocycles. The van der Waals surface area contributed by atoms with Crippen molar-refractivity contribution in [1.29, 1.82) is 0 Å². The molecule has 3 rings (SSSR count). The number of aryl methyl sites for hydroxylation is 2. The minimum absolute atomic E-state index is 0.109. The molecular weight excluding hydrogens is 165 g/mol. The van der Waals surface area contributed by atoms with E-state index in [9.17, 15) is 4.39 Å². The van der Waals surface area contributed by atoms with Crippen molar-refractivity contribution in [2.45, 2.75) is 19.4 Å². The van der Waals surface area contributed by atoms with Crippen LogP contribution in [0.3, 0.4) is 0 Å². The van der Waals surface area contributed by atoms with Gasteiger partial charge in [0.1, 0.15) is 5.82 Å². The minimum atomic E-state index is -0.109. The Morgan fingerprint density at radius 1 is 1.31 bits per heavy atom. The molecule has 0 spiro atoms. The second-order valence-electron chi connectivity index (χ2n) is 3.62. The average molecular weight is 175 g/mol. The molecule has 0 fully saturated rings. The van der Waals surface area contributed by atoms with Crippen LogP contribution >= 0.6 is 0 Å². The standard InChI is InChI=1S/C11H10FN/c12-10-6-8-2-1-4-13-5-3-9(7-10)11(8)13/h3,5-7H,1-2,4H2. The summed E-state index contributed by atoms with van der Waals surface area (Å²) in [6, 6.07) is 5.27. The van der Waals surface area contributed by atoms with Gasteiger partial charge in [-0.25, -0.2) is 4.39 Å². The van der Waals surface area contributed by atoms with E-state index >= 15 is 0 Å². The number of hydrogen-bond donors (Lipinski definition) is 0. The lowest BCUT2D eigenvalue weighted by molar-refractivity contribution is 0.611. The van der Waals surface area contributed by atoms with Crippen LogP contribution in [-0.2, 0) is 13.0 Å². The van der Waals surface area contributed by atoms with Crippen molar-refractivity contribution in [2.75, 3.05) is 0 Å². The molecule has 13 heavy (non-hydrogen) atoms. The zero-order valence-corrected chi connectivity index (χ0v) is 7.26. The maximum Gasteiger partial charge on any atom is 0.124 e. The monoisotopic (exact) mass is 175 g/mol. The third-order valence-electron chi connectivity index (χ3n) is 2.75. The molecule has 0 radical (unpaired) electrons. The van der Waals surface area contributed by atoms with Crippen LogP contribution in [0.25, 0.3) is 10.9 Å². The number of aromatic nitrogens is 1. The first-order valence-corrected chi connectivity index (χ1v) is 4.62. The van der Waals surface area contributed by atoms with E-state index in [1.165, 1.54) is 5.52 Å². The Morgan fingerprint density at radius 2 is 2.23 bits per heavy atom. The fraction of sp³-hybridized carbons (Fsp3) is 0.273. The molecule has 1 nitrogen and oxygen atoms in total. The lowest BCUT2D eigenvalue weighted by Crippen LogP contribution is -2.06.